The Morgan fingerprint density at radius 2 is 1.95 bits per heavy atom. The van der Waals surface area contributed by atoms with Gasteiger partial charge in [-0.25, -0.2) is 0 Å². The lowest BCUT2D eigenvalue weighted by Gasteiger charge is -2.21. The number of alkyl halides is 3. The van der Waals surface area contributed by atoms with Crippen LogP contribution in [0.5, 0.6) is 5.75 Å². The summed E-state index contributed by atoms with van der Waals surface area (Å²) < 4.78 is 42.1. The molecule has 2 rings (SSSR count). The van der Waals surface area contributed by atoms with Gasteiger partial charge in [0, 0.05) is 6.54 Å². The summed E-state index contributed by atoms with van der Waals surface area (Å²) in [5.41, 5.74) is -0.758. The Labute approximate surface area is 108 Å². The Morgan fingerprint density at radius 3 is 2.47 bits per heavy atom. The molecule has 1 unspecified atom stereocenters. The van der Waals surface area contributed by atoms with E-state index >= 15 is 0 Å². The smallest absolute Gasteiger partial charge is 0.416 e. The van der Waals surface area contributed by atoms with Gasteiger partial charge in [0.1, 0.15) is 5.75 Å². The third-order valence-corrected chi connectivity index (χ3v) is 3.03. The molecule has 1 atom stereocenters. The number of hydrogen-bond acceptors (Lipinski definition) is 3. The number of carbonyl (C=O) groups is 1. The maximum Gasteiger partial charge on any atom is 0.416 e. The molecule has 0 saturated carbocycles. The first-order valence-corrected chi connectivity index (χ1v) is 6.06. The zero-order chi connectivity index (χ0) is 13.9. The Kier molecular flexibility index (Phi) is 4.09. The van der Waals surface area contributed by atoms with E-state index < -0.39 is 17.7 Å². The fourth-order valence-corrected chi connectivity index (χ4v) is 1.96. The Hall–Kier alpha value is -1.56. The van der Waals surface area contributed by atoms with Crippen LogP contribution in [0.3, 0.4) is 0 Å². The van der Waals surface area contributed by atoms with Gasteiger partial charge in [-0.05, 0) is 43.7 Å². The molecule has 1 heterocycles. The van der Waals surface area contributed by atoms with Crippen molar-refractivity contribution in [1.82, 2.24) is 5.32 Å². The van der Waals surface area contributed by atoms with E-state index in [1.54, 1.807) is 0 Å². The van der Waals surface area contributed by atoms with Gasteiger partial charge in [0.05, 0.1) is 11.5 Å². The van der Waals surface area contributed by atoms with Crippen LogP contribution in [-0.2, 0) is 11.0 Å². The standard InChI is InChI=1S/C13H14F3NO2/c14-13(15,16)10-3-5-11(6-4-10)19-12(18)9-2-1-7-17-8-9/h3-6,9,17H,1-2,7-8H2. The number of hydrogen-bond donors (Lipinski definition) is 1. The van der Waals surface area contributed by atoms with Crippen molar-refractivity contribution in [3.05, 3.63) is 29.8 Å². The van der Waals surface area contributed by atoms with Gasteiger partial charge in [-0.1, -0.05) is 0 Å². The molecule has 1 aromatic rings. The van der Waals surface area contributed by atoms with Crippen LogP contribution in [0, 0.1) is 5.92 Å². The van der Waals surface area contributed by atoms with E-state index in [-0.39, 0.29) is 11.7 Å². The van der Waals surface area contributed by atoms with Crippen LogP contribution >= 0.6 is 0 Å². The highest BCUT2D eigenvalue weighted by Gasteiger charge is 2.30. The Bertz CT molecular complexity index is 436. The van der Waals surface area contributed by atoms with Crippen molar-refractivity contribution in [1.29, 1.82) is 0 Å². The monoisotopic (exact) mass is 273 g/mol. The summed E-state index contributed by atoms with van der Waals surface area (Å²) in [7, 11) is 0. The fourth-order valence-electron chi connectivity index (χ4n) is 1.96. The van der Waals surface area contributed by atoms with Crippen LogP contribution in [0.4, 0.5) is 13.2 Å². The molecule has 1 fully saturated rings. The first kappa shape index (κ1) is 13.9. The molecule has 6 heteroatoms. The van der Waals surface area contributed by atoms with Crippen molar-refractivity contribution < 1.29 is 22.7 Å². The largest absolute Gasteiger partial charge is 0.426 e. The predicted molar refractivity (Wildman–Crippen MR) is 62.7 cm³/mol. The predicted octanol–water partition coefficient (Wildman–Crippen LogP) is 2.61. The molecule has 1 saturated heterocycles. The minimum atomic E-state index is -4.38. The zero-order valence-electron chi connectivity index (χ0n) is 10.2. The molecule has 0 radical (unpaired) electrons. The Morgan fingerprint density at radius 1 is 1.26 bits per heavy atom. The number of nitrogens with one attached hydrogen (secondary N) is 1. The molecule has 0 aromatic heterocycles. The zero-order valence-corrected chi connectivity index (χ0v) is 10.2. The van der Waals surface area contributed by atoms with Gasteiger partial charge in [0.15, 0.2) is 0 Å². The number of esters is 1. The summed E-state index contributed by atoms with van der Waals surface area (Å²) in [4.78, 5) is 11.8. The number of halogens is 3. The van der Waals surface area contributed by atoms with E-state index in [0.29, 0.717) is 6.54 Å². The summed E-state index contributed by atoms with van der Waals surface area (Å²) in [5.74, 6) is -0.480. The second kappa shape index (κ2) is 5.61. The van der Waals surface area contributed by atoms with E-state index in [9.17, 15) is 18.0 Å². The first-order valence-electron chi connectivity index (χ1n) is 6.06. The molecule has 104 valence electrons. The summed E-state index contributed by atoms with van der Waals surface area (Å²) >= 11 is 0. The van der Waals surface area contributed by atoms with Crippen molar-refractivity contribution in [2.24, 2.45) is 5.92 Å². The van der Waals surface area contributed by atoms with Crippen LogP contribution in [0.2, 0.25) is 0 Å². The molecular formula is C13H14F3NO2. The van der Waals surface area contributed by atoms with Gasteiger partial charge >= 0.3 is 12.1 Å². The fraction of sp³-hybridized carbons (Fsp3) is 0.462. The molecule has 1 aromatic carbocycles. The van der Waals surface area contributed by atoms with Gasteiger partial charge < -0.3 is 10.1 Å². The summed E-state index contributed by atoms with van der Waals surface area (Å²) in [5, 5.41) is 3.08. The number of piperidine rings is 1. The third-order valence-electron chi connectivity index (χ3n) is 3.03. The molecule has 0 aliphatic carbocycles. The van der Waals surface area contributed by atoms with Gasteiger partial charge in [0.25, 0.3) is 0 Å². The van der Waals surface area contributed by atoms with E-state index in [4.69, 9.17) is 4.74 Å². The van der Waals surface area contributed by atoms with Crippen molar-refractivity contribution >= 4 is 5.97 Å². The Balaban J connectivity index is 1.97. The van der Waals surface area contributed by atoms with Gasteiger partial charge in [0.2, 0.25) is 0 Å². The van der Waals surface area contributed by atoms with E-state index in [1.807, 2.05) is 0 Å². The van der Waals surface area contributed by atoms with Crippen LogP contribution < -0.4 is 10.1 Å². The third kappa shape index (κ3) is 3.70. The van der Waals surface area contributed by atoms with Crippen LogP contribution in [-0.4, -0.2) is 19.1 Å². The molecule has 1 N–H and O–H groups in total. The minimum absolute atomic E-state index is 0.142. The quantitative estimate of drug-likeness (QED) is 0.665. The van der Waals surface area contributed by atoms with E-state index in [1.165, 1.54) is 0 Å². The number of rotatable bonds is 2. The SMILES string of the molecule is O=C(Oc1ccc(C(F)(F)F)cc1)C1CCCNC1. The van der Waals surface area contributed by atoms with Gasteiger partial charge in [-0.15, -0.1) is 0 Å². The molecule has 19 heavy (non-hydrogen) atoms. The molecular weight excluding hydrogens is 259 g/mol. The first-order chi connectivity index (χ1) is 8.97. The van der Waals surface area contributed by atoms with Crippen LogP contribution in [0.25, 0.3) is 0 Å². The van der Waals surface area contributed by atoms with Crippen molar-refractivity contribution in [2.45, 2.75) is 19.0 Å². The number of ether oxygens (including phenoxy) is 1. The molecule has 3 nitrogen and oxygen atoms in total. The van der Waals surface area contributed by atoms with Gasteiger partial charge in [-0.2, -0.15) is 13.2 Å². The molecule has 0 amide bonds. The highest BCUT2D eigenvalue weighted by atomic mass is 19.4. The topological polar surface area (TPSA) is 38.3 Å². The normalized spacial score (nSPS) is 20.1. The molecule has 0 spiro atoms. The lowest BCUT2D eigenvalue weighted by molar-refractivity contribution is -0.139. The summed E-state index contributed by atoms with van der Waals surface area (Å²) in [6.07, 6.45) is -2.74. The lowest BCUT2D eigenvalue weighted by Crippen LogP contribution is -2.36. The van der Waals surface area contributed by atoms with Gasteiger partial charge in [-0.3, -0.25) is 4.79 Å². The van der Waals surface area contributed by atoms with E-state index in [0.717, 1.165) is 43.7 Å². The second-order valence-electron chi connectivity index (χ2n) is 4.49. The summed E-state index contributed by atoms with van der Waals surface area (Å²) in [6.45, 7) is 1.43. The average molecular weight is 273 g/mol. The molecule has 0 bridgehead atoms. The van der Waals surface area contributed by atoms with Crippen LogP contribution in [0.15, 0.2) is 24.3 Å². The van der Waals surface area contributed by atoms with Crippen molar-refractivity contribution in [3.8, 4) is 5.75 Å². The maximum absolute atomic E-state index is 12.4. The number of carbonyl (C=O) groups excluding carboxylic acids is 1. The second-order valence-corrected chi connectivity index (χ2v) is 4.49. The lowest BCUT2D eigenvalue weighted by atomic mass is 10.0. The van der Waals surface area contributed by atoms with Crippen molar-refractivity contribution in [3.63, 3.8) is 0 Å². The number of benzene rings is 1. The molecule has 1 aliphatic rings. The maximum atomic E-state index is 12.4. The highest BCUT2D eigenvalue weighted by Crippen LogP contribution is 2.30. The summed E-state index contributed by atoms with van der Waals surface area (Å²) in [6, 6.07) is 4.14. The van der Waals surface area contributed by atoms with Crippen LogP contribution in [0.1, 0.15) is 18.4 Å². The van der Waals surface area contributed by atoms with E-state index in [2.05, 4.69) is 5.32 Å². The average Bonchev–Trinajstić information content (AvgIpc) is 2.39. The highest BCUT2D eigenvalue weighted by molar-refractivity contribution is 5.75. The molecule has 1 aliphatic heterocycles. The van der Waals surface area contributed by atoms with Crippen molar-refractivity contribution in [2.75, 3.05) is 13.1 Å². The minimum Gasteiger partial charge on any atom is -0.426 e.